The number of esters is 1. The molecule has 154 valence electrons. The lowest BCUT2D eigenvalue weighted by Gasteiger charge is -2.16. The number of aromatic nitrogens is 3. The van der Waals surface area contributed by atoms with Crippen molar-refractivity contribution in [2.45, 2.75) is 70.7 Å². The summed E-state index contributed by atoms with van der Waals surface area (Å²) in [4.78, 5) is 49.8. The van der Waals surface area contributed by atoms with Crippen molar-refractivity contribution < 1.29 is 19.0 Å². The summed E-state index contributed by atoms with van der Waals surface area (Å²) in [6.07, 6.45) is 0.775. The van der Waals surface area contributed by atoms with Crippen LogP contribution in [-0.2, 0) is 38.6 Å². The largest absolute Gasteiger partial charge is 0.461 e. The van der Waals surface area contributed by atoms with Crippen LogP contribution in [0, 0.1) is 0 Å². The highest BCUT2D eigenvalue weighted by Gasteiger charge is 2.51. The van der Waals surface area contributed by atoms with Gasteiger partial charge < -0.3 is 14.2 Å². The van der Waals surface area contributed by atoms with Crippen LogP contribution in [0.4, 0.5) is 0 Å². The van der Waals surface area contributed by atoms with E-state index in [1.54, 1.807) is 13.8 Å². The number of carbonyl (C=O) groups excluding carboxylic acids is 1. The molecule has 0 saturated carbocycles. The van der Waals surface area contributed by atoms with Crippen LogP contribution in [0.25, 0.3) is 0 Å². The fourth-order valence-electron chi connectivity index (χ4n) is 3.14. The third kappa shape index (κ3) is 3.61. The zero-order valence-corrected chi connectivity index (χ0v) is 16.5. The summed E-state index contributed by atoms with van der Waals surface area (Å²) in [5, 5.41) is 0. The van der Waals surface area contributed by atoms with E-state index in [1.807, 2.05) is 13.8 Å². The van der Waals surface area contributed by atoms with Crippen LogP contribution in [0.2, 0.25) is 0 Å². The Hall–Kier alpha value is -2.46. The van der Waals surface area contributed by atoms with E-state index in [9.17, 15) is 19.2 Å². The molecule has 4 atom stereocenters. The van der Waals surface area contributed by atoms with Gasteiger partial charge in [-0.2, -0.15) is 0 Å². The molecule has 1 aromatic heterocycles. The van der Waals surface area contributed by atoms with Gasteiger partial charge in [0, 0.05) is 6.08 Å². The van der Waals surface area contributed by atoms with Gasteiger partial charge >= 0.3 is 23.0 Å². The highest BCUT2D eigenvalue weighted by molar-refractivity contribution is 5.81. The van der Waals surface area contributed by atoms with Crippen molar-refractivity contribution in [3.8, 4) is 0 Å². The zero-order chi connectivity index (χ0) is 20.9. The number of hydrogen-bond donors (Lipinski definition) is 0. The van der Waals surface area contributed by atoms with Crippen LogP contribution >= 0.6 is 0 Å². The number of epoxide rings is 2. The van der Waals surface area contributed by atoms with Crippen molar-refractivity contribution in [2.75, 3.05) is 6.61 Å². The van der Waals surface area contributed by atoms with E-state index in [4.69, 9.17) is 14.2 Å². The first-order valence-electron chi connectivity index (χ1n) is 9.12. The summed E-state index contributed by atoms with van der Waals surface area (Å²) >= 11 is 0. The lowest BCUT2D eigenvalue weighted by atomic mass is 10.1. The molecule has 3 heterocycles. The standard InChI is InChI=1S/C18H25N3O7/c1-6-13(22)26-8-7-19-14(23)20(9-17(4)11(2)27-17)16(25)21(15(19)24)10-18(5)12(3)28-18/h6,11-12H,1,7-10H2,2-5H3. The summed E-state index contributed by atoms with van der Waals surface area (Å²) in [7, 11) is 0. The van der Waals surface area contributed by atoms with E-state index in [2.05, 4.69) is 6.58 Å². The monoisotopic (exact) mass is 395 g/mol. The maximum absolute atomic E-state index is 12.9. The first-order chi connectivity index (χ1) is 13.0. The predicted octanol–water partition coefficient (Wildman–Crippen LogP) is -0.744. The van der Waals surface area contributed by atoms with Gasteiger partial charge in [-0.1, -0.05) is 6.58 Å². The number of carbonyl (C=O) groups is 1. The van der Waals surface area contributed by atoms with E-state index < -0.39 is 34.2 Å². The van der Waals surface area contributed by atoms with Crippen LogP contribution < -0.4 is 17.1 Å². The van der Waals surface area contributed by atoms with Gasteiger partial charge in [-0.25, -0.2) is 32.9 Å². The Morgan fingerprint density at radius 1 is 1.00 bits per heavy atom. The van der Waals surface area contributed by atoms with Crippen LogP contribution in [0.15, 0.2) is 27.0 Å². The Balaban J connectivity index is 2.01. The first kappa shape index (κ1) is 20.3. The molecular weight excluding hydrogens is 370 g/mol. The highest BCUT2D eigenvalue weighted by atomic mass is 16.6. The molecule has 28 heavy (non-hydrogen) atoms. The van der Waals surface area contributed by atoms with Gasteiger partial charge in [0.15, 0.2) is 0 Å². The van der Waals surface area contributed by atoms with Gasteiger partial charge in [0.2, 0.25) is 0 Å². The molecule has 0 amide bonds. The molecule has 1 aromatic rings. The smallest absolute Gasteiger partial charge is 0.336 e. The minimum atomic E-state index is -0.764. The topological polar surface area (TPSA) is 117 Å². The SMILES string of the molecule is C=CC(=O)OCCn1c(=O)n(CC2(C)OC2C)c(=O)n(CC2(C)OC2C)c1=O. The molecule has 0 aromatic carbocycles. The molecule has 0 spiro atoms. The van der Waals surface area contributed by atoms with Crippen LogP contribution in [0.5, 0.6) is 0 Å². The maximum atomic E-state index is 12.9. The van der Waals surface area contributed by atoms with E-state index in [-0.39, 0.29) is 38.4 Å². The van der Waals surface area contributed by atoms with E-state index in [1.165, 1.54) is 0 Å². The molecular formula is C18H25N3O7. The van der Waals surface area contributed by atoms with Crippen LogP contribution in [0.1, 0.15) is 27.7 Å². The second-order valence-corrected chi connectivity index (χ2v) is 7.69. The highest BCUT2D eigenvalue weighted by Crippen LogP contribution is 2.37. The fourth-order valence-corrected chi connectivity index (χ4v) is 3.14. The molecule has 4 unspecified atom stereocenters. The van der Waals surface area contributed by atoms with Crippen molar-refractivity contribution in [3.05, 3.63) is 44.1 Å². The molecule has 2 saturated heterocycles. The van der Waals surface area contributed by atoms with Gasteiger partial charge in [-0.3, -0.25) is 0 Å². The summed E-state index contributed by atoms with van der Waals surface area (Å²) in [6.45, 7) is 10.2. The average molecular weight is 395 g/mol. The fraction of sp³-hybridized carbons (Fsp3) is 0.667. The molecule has 0 aliphatic carbocycles. The number of nitrogens with zero attached hydrogens (tertiary/aromatic N) is 3. The molecule has 2 aliphatic rings. The van der Waals surface area contributed by atoms with Gasteiger partial charge in [0.1, 0.15) is 17.8 Å². The first-order valence-corrected chi connectivity index (χ1v) is 9.12. The summed E-state index contributed by atoms with van der Waals surface area (Å²) in [5.74, 6) is -0.665. The summed E-state index contributed by atoms with van der Waals surface area (Å²) in [5.41, 5.74) is -3.53. The number of hydrogen-bond acceptors (Lipinski definition) is 7. The van der Waals surface area contributed by atoms with Gasteiger partial charge in [-0.05, 0) is 27.7 Å². The molecule has 10 heteroatoms. The predicted molar refractivity (Wildman–Crippen MR) is 98.3 cm³/mol. The normalized spacial score (nSPS) is 30.7. The second kappa shape index (κ2) is 6.85. The van der Waals surface area contributed by atoms with E-state index in [0.29, 0.717) is 0 Å². The van der Waals surface area contributed by atoms with Gasteiger partial charge in [-0.15, -0.1) is 0 Å². The minimum Gasteiger partial charge on any atom is -0.461 e. The van der Waals surface area contributed by atoms with E-state index >= 15 is 0 Å². The Morgan fingerprint density at radius 3 is 1.75 bits per heavy atom. The molecule has 2 aliphatic heterocycles. The maximum Gasteiger partial charge on any atom is 0.336 e. The Morgan fingerprint density at radius 2 is 1.39 bits per heavy atom. The zero-order valence-electron chi connectivity index (χ0n) is 16.5. The Bertz CT molecular complexity index is 928. The van der Waals surface area contributed by atoms with Crippen molar-refractivity contribution in [2.24, 2.45) is 0 Å². The summed E-state index contributed by atoms with van der Waals surface area (Å²) in [6, 6.07) is 0. The Labute approximate surface area is 160 Å². The van der Waals surface area contributed by atoms with E-state index in [0.717, 1.165) is 19.8 Å². The molecule has 0 N–H and O–H groups in total. The molecule has 0 bridgehead atoms. The number of ether oxygens (including phenoxy) is 3. The van der Waals surface area contributed by atoms with Crippen LogP contribution in [0.3, 0.4) is 0 Å². The van der Waals surface area contributed by atoms with Gasteiger partial charge in [0.25, 0.3) is 0 Å². The van der Waals surface area contributed by atoms with Crippen molar-refractivity contribution >= 4 is 5.97 Å². The lowest BCUT2D eigenvalue weighted by molar-refractivity contribution is -0.138. The van der Waals surface area contributed by atoms with Gasteiger partial charge in [0.05, 0.1) is 31.8 Å². The third-order valence-electron chi connectivity index (χ3n) is 5.55. The van der Waals surface area contributed by atoms with Crippen molar-refractivity contribution in [3.63, 3.8) is 0 Å². The average Bonchev–Trinajstić information content (AvgIpc) is 3.45. The molecule has 2 fully saturated rings. The molecule has 10 nitrogen and oxygen atoms in total. The van der Waals surface area contributed by atoms with Crippen molar-refractivity contribution in [1.29, 1.82) is 0 Å². The number of rotatable bonds is 8. The van der Waals surface area contributed by atoms with Crippen LogP contribution in [-0.4, -0.2) is 49.7 Å². The van der Waals surface area contributed by atoms with Crippen molar-refractivity contribution in [1.82, 2.24) is 13.7 Å². The third-order valence-corrected chi connectivity index (χ3v) is 5.55. The second-order valence-electron chi connectivity index (χ2n) is 7.69. The minimum absolute atomic E-state index is 0.0195. The summed E-state index contributed by atoms with van der Waals surface area (Å²) < 4.78 is 18.7. The Kier molecular flexibility index (Phi) is 4.96. The molecule has 0 radical (unpaired) electrons. The molecule has 3 rings (SSSR count). The quantitative estimate of drug-likeness (QED) is 0.323. The lowest BCUT2D eigenvalue weighted by Crippen LogP contribution is -2.57.